The highest BCUT2D eigenvalue weighted by Crippen LogP contribution is 2.18. The highest BCUT2D eigenvalue weighted by molar-refractivity contribution is 4.60. The van der Waals surface area contributed by atoms with Gasteiger partial charge >= 0.3 is 6.18 Å². The van der Waals surface area contributed by atoms with E-state index in [0.717, 1.165) is 0 Å². The first-order valence-corrected chi connectivity index (χ1v) is 2.02. The van der Waals surface area contributed by atoms with Crippen molar-refractivity contribution < 1.29 is 24.0 Å². The third-order valence-electron chi connectivity index (χ3n) is 0.651. The summed E-state index contributed by atoms with van der Waals surface area (Å²) in [6.07, 6.45) is -6.76. The molecule has 50 valence electrons. The maximum absolute atomic E-state index is 11.2. The Morgan fingerprint density at radius 3 is 1.88 bits per heavy atom. The van der Waals surface area contributed by atoms with E-state index in [0.29, 0.717) is 0 Å². The summed E-state index contributed by atoms with van der Waals surface area (Å²) in [5.74, 6) is 0. The summed E-state index contributed by atoms with van der Waals surface area (Å²) in [7, 11) is 0. The SMILES string of the molecule is [NH3+]C[C@H](O)C(F)(F)F. The molecule has 2 nitrogen and oxygen atoms in total. The maximum Gasteiger partial charge on any atom is 0.419 e. The van der Waals surface area contributed by atoms with Gasteiger partial charge in [-0.25, -0.2) is 0 Å². The van der Waals surface area contributed by atoms with Gasteiger partial charge in [0.05, 0.1) is 0 Å². The number of aliphatic hydroxyl groups excluding tert-OH is 1. The monoisotopic (exact) mass is 130 g/mol. The highest BCUT2D eigenvalue weighted by atomic mass is 19.4. The van der Waals surface area contributed by atoms with Crippen LogP contribution in [0, 0.1) is 0 Å². The van der Waals surface area contributed by atoms with Crippen molar-refractivity contribution >= 4 is 0 Å². The molecule has 5 heteroatoms. The first kappa shape index (κ1) is 7.71. The molecular formula is C3H7F3NO+. The first-order chi connectivity index (χ1) is 3.48. The third kappa shape index (κ3) is 2.13. The Labute approximate surface area is 44.1 Å². The lowest BCUT2D eigenvalue weighted by atomic mass is 10.4. The summed E-state index contributed by atoms with van der Waals surface area (Å²) in [5.41, 5.74) is 2.88. The van der Waals surface area contributed by atoms with Gasteiger partial charge in [-0.2, -0.15) is 13.2 Å². The van der Waals surface area contributed by atoms with Crippen molar-refractivity contribution in [3.63, 3.8) is 0 Å². The van der Waals surface area contributed by atoms with Crippen LogP contribution >= 0.6 is 0 Å². The van der Waals surface area contributed by atoms with Crippen LogP contribution < -0.4 is 5.73 Å². The fourth-order valence-electron chi connectivity index (χ4n) is 0.164. The Balaban J connectivity index is 3.62. The molecule has 0 bridgehead atoms. The summed E-state index contributed by atoms with van der Waals surface area (Å²) in [6.45, 7) is -0.524. The number of hydrogen-bond donors (Lipinski definition) is 2. The molecule has 0 heterocycles. The molecule has 0 aliphatic heterocycles. The Morgan fingerprint density at radius 1 is 1.50 bits per heavy atom. The molecule has 0 aliphatic carbocycles. The van der Waals surface area contributed by atoms with Crippen molar-refractivity contribution in [1.82, 2.24) is 0 Å². The van der Waals surface area contributed by atoms with Crippen LogP contribution in [-0.2, 0) is 0 Å². The Hall–Kier alpha value is -0.290. The normalized spacial score (nSPS) is 16.1. The smallest absolute Gasteiger partial charge is 0.379 e. The molecule has 0 aliphatic rings. The van der Waals surface area contributed by atoms with Gasteiger partial charge in [-0.1, -0.05) is 0 Å². The standard InChI is InChI=1S/C3H6F3NO/c4-3(5,6)2(8)1-7/h2,8H,1,7H2/p+1/t2-/m0/s1. The molecule has 8 heavy (non-hydrogen) atoms. The van der Waals surface area contributed by atoms with Crippen molar-refractivity contribution in [1.29, 1.82) is 0 Å². The number of quaternary nitrogens is 1. The minimum absolute atomic E-state index is 0.524. The number of aliphatic hydroxyl groups is 1. The predicted molar refractivity (Wildman–Crippen MR) is 19.8 cm³/mol. The average molecular weight is 130 g/mol. The maximum atomic E-state index is 11.2. The summed E-state index contributed by atoms with van der Waals surface area (Å²) in [6, 6.07) is 0. The van der Waals surface area contributed by atoms with Crippen molar-refractivity contribution in [2.24, 2.45) is 0 Å². The minimum atomic E-state index is -4.50. The molecular weight excluding hydrogens is 123 g/mol. The van der Waals surface area contributed by atoms with E-state index in [4.69, 9.17) is 5.11 Å². The lowest BCUT2D eigenvalue weighted by molar-refractivity contribution is -0.404. The number of hydrogen-bond acceptors (Lipinski definition) is 1. The van der Waals surface area contributed by atoms with Crippen LogP contribution in [0.25, 0.3) is 0 Å². The minimum Gasteiger partial charge on any atom is -0.379 e. The summed E-state index contributed by atoms with van der Waals surface area (Å²) in [4.78, 5) is 0. The Morgan fingerprint density at radius 2 is 1.88 bits per heavy atom. The molecule has 0 rings (SSSR count). The van der Waals surface area contributed by atoms with Gasteiger partial charge in [-0.15, -0.1) is 0 Å². The molecule has 4 N–H and O–H groups in total. The van der Waals surface area contributed by atoms with Crippen LogP contribution in [0.5, 0.6) is 0 Å². The van der Waals surface area contributed by atoms with E-state index in [1.807, 2.05) is 0 Å². The highest BCUT2D eigenvalue weighted by Gasteiger charge is 2.38. The quantitative estimate of drug-likeness (QED) is 0.477. The van der Waals surface area contributed by atoms with Gasteiger partial charge in [0.15, 0.2) is 6.10 Å². The Kier molecular flexibility index (Phi) is 2.24. The van der Waals surface area contributed by atoms with Gasteiger partial charge in [-0.05, 0) is 0 Å². The number of alkyl halides is 3. The molecule has 0 aromatic heterocycles. The van der Waals surface area contributed by atoms with Crippen molar-refractivity contribution in [2.45, 2.75) is 12.3 Å². The van der Waals surface area contributed by atoms with Crippen molar-refractivity contribution in [3.8, 4) is 0 Å². The van der Waals surface area contributed by atoms with Crippen molar-refractivity contribution in [2.75, 3.05) is 6.54 Å². The third-order valence-corrected chi connectivity index (χ3v) is 0.651. The fourth-order valence-corrected chi connectivity index (χ4v) is 0.164. The van der Waals surface area contributed by atoms with Crippen LogP contribution in [0.1, 0.15) is 0 Å². The second-order valence-electron chi connectivity index (χ2n) is 1.35. The van der Waals surface area contributed by atoms with Gasteiger partial charge < -0.3 is 10.8 Å². The molecule has 0 fully saturated rings. The zero-order valence-corrected chi connectivity index (χ0v) is 4.07. The van der Waals surface area contributed by atoms with Gasteiger partial charge in [0.1, 0.15) is 6.54 Å². The van der Waals surface area contributed by atoms with E-state index in [1.165, 1.54) is 0 Å². The predicted octanol–water partition coefficient (Wildman–Crippen LogP) is -0.848. The van der Waals surface area contributed by atoms with Gasteiger partial charge in [0.2, 0.25) is 0 Å². The Bertz CT molecular complexity index is 71.4. The van der Waals surface area contributed by atoms with Gasteiger partial charge in [-0.3, -0.25) is 0 Å². The summed E-state index contributed by atoms with van der Waals surface area (Å²) in [5, 5.41) is 8.01. The van der Waals surface area contributed by atoms with Crippen LogP contribution in [0.15, 0.2) is 0 Å². The molecule has 0 saturated heterocycles. The van der Waals surface area contributed by atoms with E-state index in [9.17, 15) is 13.2 Å². The van der Waals surface area contributed by atoms with E-state index in [1.54, 1.807) is 0 Å². The van der Waals surface area contributed by atoms with E-state index in [-0.39, 0.29) is 0 Å². The van der Waals surface area contributed by atoms with Gasteiger partial charge in [0.25, 0.3) is 0 Å². The van der Waals surface area contributed by atoms with Crippen LogP contribution in [0.2, 0.25) is 0 Å². The average Bonchev–Trinajstić information content (AvgIpc) is 1.62. The van der Waals surface area contributed by atoms with Crippen LogP contribution in [0.4, 0.5) is 13.2 Å². The largest absolute Gasteiger partial charge is 0.419 e. The van der Waals surface area contributed by atoms with E-state index >= 15 is 0 Å². The van der Waals surface area contributed by atoms with Gasteiger partial charge in [0, 0.05) is 0 Å². The molecule has 1 atom stereocenters. The molecule has 0 saturated carbocycles. The topological polar surface area (TPSA) is 47.9 Å². The molecule has 0 unspecified atom stereocenters. The molecule has 0 radical (unpaired) electrons. The zero-order chi connectivity index (χ0) is 6.78. The molecule has 0 aromatic carbocycles. The molecule has 0 aromatic rings. The van der Waals surface area contributed by atoms with E-state index < -0.39 is 18.8 Å². The molecule has 0 amide bonds. The fraction of sp³-hybridized carbons (Fsp3) is 1.00. The van der Waals surface area contributed by atoms with E-state index in [2.05, 4.69) is 5.73 Å². The lowest BCUT2D eigenvalue weighted by Crippen LogP contribution is -2.59. The summed E-state index contributed by atoms with van der Waals surface area (Å²) < 4.78 is 33.5. The van der Waals surface area contributed by atoms with Crippen LogP contribution in [-0.4, -0.2) is 23.9 Å². The van der Waals surface area contributed by atoms with Crippen LogP contribution in [0.3, 0.4) is 0 Å². The number of rotatable bonds is 1. The zero-order valence-electron chi connectivity index (χ0n) is 4.07. The van der Waals surface area contributed by atoms with Crippen molar-refractivity contribution in [3.05, 3.63) is 0 Å². The lowest BCUT2D eigenvalue weighted by Gasteiger charge is -2.08. The second-order valence-corrected chi connectivity index (χ2v) is 1.35. The summed E-state index contributed by atoms with van der Waals surface area (Å²) >= 11 is 0. The molecule has 0 spiro atoms. The second kappa shape index (κ2) is 2.32. The number of halogens is 3. The first-order valence-electron chi connectivity index (χ1n) is 2.02.